The molecule has 0 aliphatic carbocycles. The Kier molecular flexibility index (Phi) is 4.93. The van der Waals surface area contributed by atoms with Crippen LogP contribution in [0.1, 0.15) is 18.1 Å². The molecule has 1 aliphatic rings. The van der Waals surface area contributed by atoms with E-state index in [1.807, 2.05) is 31.2 Å². The van der Waals surface area contributed by atoms with Crippen LogP contribution >= 0.6 is 0 Å². The van der Waals surface area contributed by atoms with Gasteiger partial charge in [-0.15, -0.1) is 0 Å². The molecule has 1 heterocycles. The molecule has 2 aromatic carbocycles. The largest absolute Gasteiger partial charge is 0.452 e. The third-order valence-corrected chi connectivity index (χ3v) is 4.10. The van der Waals surface area contributed by atoms with Gasteiger partial charge in [-0.3, -0.25) is 4.79 Å². The zero-order valence-electron chi connectivity index (χ0n) is 13.8. The zero-order valence-corrected chi connectivity index (χ0v) is 13.8. The Labute approximate surface area is 145 Å². The molecule has 25 heavy (non-hydrogen) atoms. The van der Waals surface area contributed by atoms with Crippen LogP contribution in [0.4, 0.5) is 10.1 Å². The molecule has 0 spiro atoms. The van der Waals surface area contributed by atoms with E-state index < -0.39 is 5.97 Å². The summed E-state index contributed by atoms with van der Waals surface area (Å²) in [6, 6.07) is 13.5. The quantitative estimate of drug-likeness (QED) is 0.634. The van der Waals surface area contributed by atoms with E-state index in [9.17, 15) is 14.0 Å². The lowest BCUT2D eigenvalue weighted by atomic mass is 10.1. The lowest BCUT2D eigenvalue weighted by Crippen LogP contribution is -2.38. The second-order valence-corrected chi connectivity index (χ2v) is 5.94. The average Bonchev–Trinajstić information content (AvgIpc) is 2.95. The van der Waals surface area contributed by atoms with Gasteiger partial charge in [0.1, 0.15) is 5.82 Å². The summed E-state index contributed by atoms with van der Waals surface area (Å²) in [5, 5.41) is 0. The Morgan fingerprint density at radius 3 is 2.68 bits per heavy atom. The predicted octanol–water partition coefficient (Wildman–Crippen LogP) is 3.36. The molecule has 0 N–H and O–H groups in total. The number of esters is 1. The zero-order chi connectivity index (χ0) is 17.8. The van der Waals surface area contributed by atoms with Gasteiger partial charge in [0.2, 0.25) is 0 Å². The van der Waals surface area contributed by atoms with Crippen LogP contribution in [0, 0.1) is 5.82 Å². The molecule has 128 valence electrons. The van der Waals surface area contributed by atoms with E-state index in [-0.39, 0.29) is 24.4 Å². The number of carbonyl (C=O) groups is 2. The van der Waals surface area contributed by atoms with Crippen LogP contribution < -0.4 is 4.90 Å². The van der Waals surface area contributed by atoms with Crippen LogP contribution in [0.3, 0.4) is 0 Å². The average molecular weight is 339 g/mol. The van der Waals surface area contributed by atoms with E-state index >= 15 is 0 Å². The van der Waals surface area contributed by atoms with Crippen molar-refractivity contribution >= 4 is 23.6 Å². The number of nitrogens with zero attached hydrogens (tertiary/aromatic N) is 1. The van der Waals surface area contributed by atoms with Crippen molar-refractivity contribution in [3.8, 4) is 0 Å². The number of halogens is 1. The molecular formula is C20H18FNO3. The Hall–Kier alpha value is -2.95. The van der Waals surface area contributed by atoms with E-state index in [1.54, 1.807) is 17.0 Å². The molecule has 5 heteroatoms. The third-order valence-electron chi connectivity index (χ3n) is 4.10. The molecule has 3 rings (SSSR count). The maximum Gasteiger partial charge on any atom is 0.331 e. The molecule has 0 radical (unpaired) electrons. The molecule has 0 saturated carbocycles. The first kappa shape index (κ1) is 16.9. The van der Waals surface area contributed by atoms with E-state index in [0.717, 1.165) is 17.7 Å². The number of rotatable bonds is 4. The fourth-order valence-electron chi connectivity index (χ4n) is 2.93. The second kappa shape index (κ2) is 7.30. The molecule has 0 bridgehead atoms. The summed E-state index contributed by atoms with van der Waals surface area (Å²) in [4.78, 5) is 25.9. The van der Waals surface area contributed by atoms with Crippen LogP contribution in [-0.4, -0.2) is 24.5 Å². The van der Waals surface area contributed by atoms with E-state index in [0.29, 0.717) is 5.56 Å². The van der Waals surface area contributed by atoms with Crippen molar-refractivity contribution in [1.29, 1.82) is 0 Å². The Bertz CT molecular complexity index is 814. The Balaban J connectivity index is 1.57. The summed E-state index contributed by atoms with van der Waals surface area (Å²) >= 11 is 0. The van der Waals surface area contributed by atoms with E-state index in [1.165, 1.54) is 24.3 Å². The minimum Gasteiger partial charge on any atom is -0.452 e. The highest BCUT2D eigenvalue weighted by atomic mass is 19.1. The van der Waals surface area contributed by atoms with Crippen LogP contribution in [0.25, 0.3) is 6.08 Å². The molecule has 1 aliphatic heterocycles. The van der Waals surface area contributed by atoms with Gasteiger partial charge in [0.05, 0.1) is 0 Å². The molecular weight excluding hydrogens is 321 g/mol. The normalized spacial score (nSPS) is 16.1. The van der Waals surface area contributed by atoms with Crippen LogP contribution in [0.5, 0.6) is 0 Å². The van der Waals surface area contributed by atoms with Gasteiger partial charge in [-0.1, -0.05) is 30.3 Å². The summed E-state index contributed by atoms with van der Waals surface area (Å²) in [6.45, 7) is 1.65. The SMILES string of the molecule is C[C@H]1Cc2ccccc2N1C(=O)COC(=O)/C=C/c1ccc(F)cc1. The van der Waals surface area contributed by atoms with Gasteiger partial charge in [0.25, 0.3) is 5.91 Å². The van der Waals surface area contributed by atoms with Crippen molar-refractivity contribution in [2.24, 2.45) is 0 Å². The number of ether oxygens (including phenoxy) is 1. The number of hydrogen-bond acceptors (Lipinski definition) is 3. The number of hydrogen-bond donors (Lipinski definition) is 0. The summed E-state index contributed by atoms with van der Waals surface area (Å²) in [6.07, 6.45) is 3.53. The van der Waals surface area contributed by atoms with E-state index in [2.05, 4.69) is 0 Å². The summed E-state index contributed by atoms with van der Waals surface area (Å²) in [5.41, 5.74) is 2.66. The minimum absolute atomic E-state index is 0.0401. The maximum absolute atomic E-state index is 12.8. The molecule has 0 aromatic heterocycles. The Morgan fingerprint density at radius 1 is 1.20 bits per heavy atom. The highest BCUT2D eigenvalue weighted by Crippen LogP contribution is 2.31. The fraction of sp³-hybridized carbons (Fsp3) is 0.200. The number of anilines is 1. The van der Waals surface area contributed by atoms with Crippen molar-refractivity contribution in [2.75, 3.05) is 11.5 Å². The first-order chi connectivity index (χ1) is 12.0. The number of amides is 1. The molecule has 2 aromatic rings. The van der Waals surface area contributed by atoms with Gasteiger partial charge in [-0.25, -0.2) is 9.18 Å². The van der Waals surface area contributed by atoms with Gasteiger partial charge < -0.3 is 9.64 Å². The van der Waals surface area contributed by atoms with Gasteiger partial charge in [-0.05, 0) is 48.7 Å². The summed E-state index contributed by atoms with van der Waals surface area (Å²) in [7, 11) is 0. The predicted molar refractivity (Wildman–Crippen MR) is 93.5 cm³/mol. The second-order valence-electron chi connectivity index (χ2n) is 5.94. The smallest absolute Gasteiger partial charge is 0.331 e. The van der Waals surface area contributed by atoms with Crippen LogP contribution in [0.15, 0.2) is 54.6 Å². The molecule has 1 amide bonds. The lowest BCUT2D eigenvalue weighted by molar-refractivity contribution is -0.143. The fourth-order valence-corrected chi connectivity index (χ4v) is 2.93. The number of fused-ring (bicyclic) bond motifs is 1. The van der Waals surface area contributed by atoms with Crippen molar-refractivity contribution in [2.45, 2.75) is 19.4 Å². The maximum atomic E-state index is 12.8. The lowest BCUT2D eigenvalue weighted by Gasteiger charge is -2.22. The molecule has 4 nitrogen and oxygen atoms in total. The monoisotopic (exact) mass is 339 g/mol. The molecule has 1 atom stereocenters. The Morgan fingerprint density at radius 2 is 1.92 bits per heavy atom. The summed E-state index contributed by atoms with van der Waals surface area (Å²) in [5.74, 6) is -1.20. The van der Waals surface area contributed by atoms with Gasteiger partial charge in [0, 0.05) is 17.8 Å². The van der Waals surface area contributed by atoms with Crippen molar-refractivity contribution in [3.63, 3.8) is 0 Å². The number of benzene rings is 2. The third kappa shape index (κ3) is 3.94. The standard InChI is InChI=1S/C20H18FNO3/c1-14-12-16-4-2-3-5-18(16)22(14)19(23)13-25-20(24)11-8-15-6-9-17(21)10-7-15/h2-11,14H,12-13H2,1H3/b11-8+/t14-/m0/s1. The number of para-hydroxylation sites is 1. The van der Waals surface area contributed by atoms with Crippen LogP contribution in [-0.2, 0) is 20.7 Å². The van der Waals surface area contributed by atoms with E-state index in [4.69, 9.17) is 4.74 Å². The molecule has 0 saturated heterocycles. The van der Waals surface area contributed by atoms with Crippen molar-refractivity contribution in [1.82, 2.24) is 0 Å². The first-order valence-electron chi connectivity index (χ1n) is 8.05. The molecule has 0 unspecified atom stereocenters. The summed E-state index contributed by atoms with van der Waals surface area (Å²) < 4.78 is 17.9. The van der Waals surface area contributed by atoms with Gasteiger partial charge in [-0.2, -0.15) is 0 Å². The van der Waals surface area contributed by atoms with Crippen molar-refractivity contribution < 1.29 is 18.7 Å². The topological polar surface area (TPSA) is 46.6 Å². The highest BCUT2D eigenvalue weighted by Gasteiger charge is 2.30. The highest BCUT2D eigenvalue weighted by molar-refractivity contribution is 5.98. The van der Waals surface area contributed by atoms with Crippen molar-refractivity contribution in [3.05, 3.63) is 71.6 Å². The minimum atomic E-state index is -0.613. The van der Waals surface area contributed by atoms with Gasteiger partial charge in [0.15, 0.2) is 6.61 Å². The van der Waals surface area contributed by atoms with Gasteiger partial charge >= 0.3 is 5.97 Å². The molecule has 0 fully saturated rings. The first-order valence-corrected chi connectivity index (χ1v) is 8.05. The number of carbonyl (C=O) groups excluding carboxylic acids is 2. The van der Waals surface area contributed by atoms with Crippen LogP contribution in [0.2, 0.25) is 0 Å².